The number of aromatic amines is 1. The van der Waals surface area contributed by atoms with Crippen molar-refractivity contribution in [2.45, 2.75) is 32.6 Å². The average molecular weight is 343 g/mol. The third-order valence-corrected chi connectivity index (χ3v) is 5.17. The van der Waals surface area contributed by atoms with Crippen molar-refractivity contribution in [3.8, 4) is 11.3 Å². The molecule has 3 nitrogen and oxygen atoms in total. The van der Waals surface area contributed by atoms with Crippen molar-refractivity contribution in [3.05, 3.63) is 65.9 Å². The molecule has 0 spiro atoms. The molecule has 2 aromatic carbocycles. The molecule has 3 heteroatoms. The highest BCUT2D eigenvalue weighted by Gasteiger charge is 2.15. The van der Waals surface area contributed by atoms with Crippen LogP contribution in [0.5, 0.6) is 0 Å². The van der Waals surface area contributed by atoms with Crippen LogP contribution in [0.25, 0.3) is 33.1 Å². The number of aryl methyl sites for hydroxylation is 2. The first-order chi connectivity index (χ1) is 12.8. The standard InChI is InChI=1S/C23H25N3/c1-2-16-9-7-11-20-19(10-5-6-13-24)23(26-22(16)20)18-14-17-8-3-4-12-21(17)25-15-18/h3-4,7-9,11-12,14-15,26H,2,5-6,10,13,24H2,1H3. The van der Waals surface area contributed by atoms with Gasteiger partial charge in [0, 0.05) is 28.0 Å². The first-order valence-electron chi connectivity index (χ1n) is 9.49. The monoisotopic (exact) mass is 343 g/mol. The molecule has 0 aliphatic carbocycles. The molecule has 0 amide bonds. The number of para-hydroxylation sites is 2. The fourth-order valence-electron chi connectivity index (χ4n) is 3.79. The summed E-state index contributed by atoms with van der Waals surface area (Å²) in [6.45, 7) is 2.95. The number of rotatable bonds is 6. The van der Waals surface area contributed by atoms with E-state index in [1.54, 1.807) is 0 Å². The molecule has 0 saturated carbocycles. The molecule has 0 radical (unpaired) electrons. The number of aromatic nitrogens is 2. The highest BCUT2D eigenvalue weighted by Crippen LogP contribution is 2.34. The number of unbranched alkanes of at least 4 members (excludes halogenated alkanes) is 1. The third-order valence-electron chi connectivity index (χ3n) is 5.17. The molecule has 0 bridgehead atoms. The van der Waals surface area contributed by atoms with Gasteiger partial charge in [0.1, 0.15) is 0 Å². The van der Waals surface area contributed by atoms with Gasteiger partial charge in [-0.2, -0.15) is 0 Å². The molecule has 0 atom stereocenters. The van der Waals surface area contributed by atoms with Gasteiger partial charge in [-0.1, -0.05) is 43.3 Å². The maximum Gasteiger partial charge on any atom is 0.0702 e. The van der Waals surface area contributed by atoms with Crippen LogP contribution in [0, 0.1) is 0 Å². The zero-order valence-corrected chi connectivity index (χ0v) is 15.3. The lowest BCUT2D eigenvalue weighted by molar-refractivity contribution is 0.748. The number of hydrogen-bond donors (Lipinski definition) is 2. The smallest absolute Gasteiger partial charge is 0.0702 e. The Morgan fingerprint density at radius 2 is 1.92 bits per heavy atom. The molecule has 0 fully saturated rings. The van der Waals surface area contributed by atoms with E-state index in [-0.39, 0.29) is 0 Å². The third kappa shape index (κ3) is 2.99. The van der Waals surface area contributed by atoms with Crippen molar-refractivity contribution in [1.29, 1.82) is 0 Å². The minimum Gasteiger partial charge on any atom is -0.354 e. The molecule has 0 aliphatic heterocycles. The Hall–Kier alpha value is -2.65. The Balaban J connectivity index is 1.89. The largest absolute Gasteiger partial charge is 0.354 e. The van der Waals surface area contributed by atoms with Gasteiger partial charge >= 0.3 is 0 Å². The van der Waals surface area contributed by atoms with Gasteiger partial charge in [-0.25, -0.2) is 0 Å². The second kappa shape index (κ2) is 7.30. The Kier molecular flexibility index (Phi) is 4.72. The zero-order valence-electron chi connectivity index (χ0n) is 15.3. The van der Waals surface area contributed by atoms with Gasteiger partial charge in [0.2, 0.25) is 0 Å². The van der Waals surface area contributed by atoms with Gasteiger partial charge in [0.25, 0.3) is 0 Å². The molecule has 26 heavy (non-hydrogen) atoms. The predicted octanol–water partition coefficient (Wildman–Crippen LogP) is 5.23. The number of hydrogen-bond acceptors (Lipinski definition) is 2. The molecule has 0 unspecified atom stereocenters. The van der Waals surface area contributed by atoms with Crippen LogP contribution in [0.1, 0.15) is 30.9 Å². The summed E-state index contributed by atoms with van der Waals surface area (Å²) >= 11 is 0. The molecule has 132 valence electrons. The quantitative estimate of drug-likeness (QED) is 0.471. The summed E-state index contributed by atoms with van der Waals surface area (Å²) in [5, 5.41) is 2.51. The predicted molar refractivity (Wildman–Crippen MR) is 110 cm³/mol. The summed E-state index contributed by atoms with van der Waals surface area (Å²) in [5.41, 5.74) is 13.1. The fourth-order valence-corrected chi connectivity index (χ4v) is 3.79. The second-order valence-corrected chi connectivity index (χ2v) is 6.83. The fraction of sp³-hybridized carbons (Fsp3) is 0.261. The van der Waals surface area contributed by atoms with E-state index in [0.717, 1.165) is 43.3 Å². The van der Waals surface area contributed by atoms with Crippen molar-refractivity contribution >= 4 is 21.8 Å². The van der Waals surface area contributed by atoms with Crippen molar-refractivity contribution in [2.24, 2.45) is 5.73 Å². The minimum absolute atomic E-state index is 0.745. The van der Waals surface area contributed by atoms with E-state index in [1.165, 1.54) is 33.1 Å². The Labute approximate surface area is 154 Å². The zero-order chi connectivity index (χ0) is 17.9. The van der Waals surface area contributed by atoms with Crippen molar-refractivity contribution in [2.75, 3.05) is 6.54 Å². The molecule has 0 aliphatic rings. The summed E-state index contributed by atoms with van der Waals surface area (Å²) in [7, 11) is 0. The van der Waals surface area contributed by atoms with Crippen LogP contribution in [-0.2, 0) is 12.8 Å². The van der Waals surface area contributed by atoms with E-state index < -0.39 is 0 Å². The number of fused-ring (bicyclic) bond motifs is 2. The summed E-state index contributed by atoms with van der Waals surface area (Å²) in [6, 6.07) is 17.1. The molecule has 4 rings (SSSR count). The maximum absolute atomic E-state index is 5.72. The lowest BCUT2D eigenvalue weighted by Crippen LogP contribution is -1.99. The summed E-state index contributed by atoms with van der Waals surface area (Å²) < 4.78 is 0. The lowest BCUT2D eigenvalue weighted by atomic mass is 9.99. The van der Waals surface area contributed by atoms with Gasteiger partial charge in [0.05, 0.1) is 11.2 Å². The highest BCUT2D eigenvalue weighted by molar-refractivity contribution is 5.94. The maximum atomic E-state index is 5.72. The van der Waals surface area contributed by atoms with Crippen molar-refractivity contribution in [1.82, 2.24) is 9.97 Å². The number of nitrogens with zero attached hydrogens (tertiary/aromatic N) is 1. The average Bonchev–Trinajstić information content (AvgIpc) is 3.06. The van der Waals surface area contributed by atoms with E-state index in [4.69, 9.17) is 5.73 Å². The van der Waals surface area contributed by atoms with Crippen LogP contribution in [0.4, 0.5) is 0 Å². The van der Waals surface area contributed by atoms with E-state index in [0.29, 0.717) is 0 Å². The topological polar surface area (TPSA) is 54.7 Å². The number of H-pyrrole nitrogens is 1. The Morgan fingerprint density at radius 3 is 2.77 bits per heavy atom. The van der Waals surface area contributed by atoms with Gasteiger partial charge in [-0.3, -0.25) is 4.98 Å². The Bertz CT molecular complexity index is 1050. The number of benzene rings is 2. The first kappa shape index (κ1) is 16.8. The van der Waals surface area contributed by atoms with E-state index in [9.17, 15) is 0 Å². The number of nitrogens with one attached hydrogen (secondary N) is 1. The van der Waals surface area contributed by atoms with Gasteiger partial charge in [0.15, 0.2) is 0 Å². The summed E-state index contributed by atoms with van der Waals surface area (Å²) in [5.74, 6) is 0. The van der Waals surface area contributed by atoms with Gasteiger partial charge in [-0.15, -0.1) is 0 Å². The molecule has 2 heterocycles. The number of nitrogens with two attached hydrogens (primary N) is 1. The van der Waals surface area contributed by atoms with Crippen LogP contribution in [0.15, 0.2) is 54.7 Å². The van der Waals surface area contributed by atoms with Crippen LogP contribution in [0.2, 0.25) is 0 Å². The normalized spacial score (nSPS) is 11.5. The van der Waals surface area contributed by atoms with Crippen molar-refractivity contribution in [3.63, 3.8) is 0 Å². The molecular formula is C23H25N3. The summed E-state index contributed by atoms with van der Waals surface area (Å²) in [6.07, 6.45) is 6.20. The first-order valence-corrected chi connectivity index (χ1v) is 9.49. The van der Waals surface area contributed by atoms with Crippen LogP contribution < -0.4 is 5.73 Å². The van der Waals surface area contributed by atoms with Crippen molar-refractivity contribution < 1.29 is 0 Å². The van der Waals surface area contributed by atoms with E-state index in [2.05, 4.69) is 59.4 Å². The van der Waals surface area contributed by atoms with Gasteiger partial charge in [-0.05, 0) is 55.5 Å². The summed E-state index contributed by atoms with van der Waals surface area (Å²) in [4.78, 5) is 8.39. The SMILES string of the molecule is CCc1cccc2c(CCCCN)c(-c3cnc4ccccc4c3)[nH]c12. The van der Waals surface area contributed by atoms with E-state index >= 15 is 0 Å². The highest BCUT2D eigenvalue weighted by atomic mass is 14.7. The minimum atomic E-state index is 0.745. The number of pyridine rings is 1. The molecule has 0 saturated heterocycles. The molecule has 3 N–H and O–H groups in total. The van der Waals surface area contributed by atoms with Crippen LogP contribution in [0.3, 0.4) is 0 Å². The second-order valence-electron chi connectivity index (χ2n) is 6.83. The Morgan fingerprint density at radius 1 is 1.04 bits per heavy atom. The molecular weight excluding hydrogens is 318 g/mol. The van der Waals surface area contributed by atoms with Crippen LogP contribution >= 0.6 is 0 Å². The van der Waals surface area contributed by atoms with E-state index in [1.807, 2.05) is 12.3 Å². The molecule has 2 aromatic heterocycles. The lowest BCUT2D eigenvalue weighted by Gasteiger charge is -2.06. The van der Waals surface area contributed by atoms with Gasteiger partial charge < -0.3 is 10.7 Å². The van der Waals surface area contributed by atoms with Crippen LogP contribution in [-0.4, -0.2) is 16.5 Å². The molecule has 4 aromatic rings.